The molecule has 0 fully saturated rings. The average molecular weight is 141 g/mol. The van der Waals surface area contributed by atoms with E-state index in [4.69, 9.17) is 23.2 Å². The molecular weight excluding hydrogens is 131 g/mol. The van der Waals surface area contributed by atoms with Crippen LogP contribution >= 0.6 is 23.2 Å². The summed E-state index contributed by atoms with van der Waals surface area (Å²) in [7, 11) is 0. The smallest absolute Gasteiger partial charge is 0.0344 e. The molecule has 0 rings (SSSR count). The van der Waals surface area contributed by atoms with E-state index in [9.17, 15) is 0 Å². The fraction of sp³-hybridized carbons (Fsp3) is 1.00. The van der Waals surface area contributed by atoms with Gasteiger partial charge in [-0.2, -0.15) is 0 Å². The van der Waals surface area contributed by atoms with Crippen LogP contribution in [0.1, 0.15) is 19.8 Å². The molecule has 0 radical (unpaired) electrons. The fourth-order valence-corrected chi connectivity index (χ4v) is 0.807. The number of alkyl halides is 2. The first-order valence-corrected chi connectivity index (χ1v) is 3.48. The van der Waals surface area contributed by atoms with E-state index in [1.54, 1.807) is 0 Å². The van der Waals surface area contributed by atoms with Crippen molar-refractivity contribution in [3.63, 3.8) is 0 Å². The second-order valence-electron chi connectivity index (χ2n) is 1.48. The zero-order valence-electron chi connectivity index (χ0n) is 4.45. The molecule has 0 aliphatic heterocycles. The monoisotopic (exact) mass is 140 g/mol. The minimum Gasteiger partial charge on any atom is -0.127 e. The standard InChI is InChI=1S/C5H10Cl2/c1-2-5(7)3-4-6/h5H,2-4H2,1H3/t5-/m1/s1. The van der Waals surface area contributed by atoms with Gasteiger partial charge in [0.1, 0.15) is 0 Å². The van der Waals surface area contributed by atoms with Gasteiger partial charge in [0.25, 0.3) is 0 Å². The Kier molecular flexibility index (Phi) is 5.12. The maximum Gasteiger partial charge on any atom is 0.0344 e. The maximum absolute atomic E-state index is 5.68. The van der Waals surface area contributed by atoms with Gasteiger partial charge in [-0.25, -0.2) is 0 Å². The lowest BCUT2D eigenvalue weighted by Gasteiger charge is -1.98. The SMILES string of the molecule is CC[C@@H](Cl)CCCl. The van der Waals surface area contributed by atoms with Crippen molar-refractivity contribution in [1.29, 1.82) is 0 Å². The molecule has 0 nitrogen and oxygen atoms in total. The van der Waals surface area contributed by atoms with Crippen molar-refractivity contribution < 1.29 is 0 Å². The van der Waals surface area contributed by atoms with Crippen LogP contribution in [0.15, 0.2) is 0 Å². The Labute approximate surface area is 54.8 Å². The summed E-state index contributed by atoms with van der Waals surface area (Å²) < 4.78 is 0. The molecule has 2 heteroatoms. The third kappa shape index (κ3) is 4.43. The van der Waals surface area contributed by atoms with E-state index in [0.29, 0.717) is 5.88 Å². The Balaban J connectivity index is 2.83. The summed E-state index contributed by atoms with van der Waals surface area (Å²) in [5.74, 6) is 0.683. The van der Waals surface area contributed by atoms with Gasteiger partial charge in [0.15, 0.2) is 0 Å². The highest BCUT2D eigenvalue weighted by molar-refractivity contribution is 6.22. The van der Waals surface area contributed by atoms with E-state index >= 15 is 0 Å². The predicted octanol–water partition coefficient (Wildman–Crippen LogP) is 2.63. The zero-order chi connectivity index (χ0) is 5.70. The lowest BCUT2D eigenvalue weighted by atomic mass is 10.3. The number of hydrogen-bond donors (Lipinski definition) is 0. The molecule has 0 aliphatic carbocycles. The summed E-state index contributed by atoms with van der Waals surface area (Å²) >= 11 is 11.1. The molecule has 0 heterocycles. The maximum atomic E-state index is 5.68. The van der Waals surface area contributed by atoms with E-state index in [0.717, 1.165) is 12.8 Å². The van der Waals surface area contributed by atoms with Crippen LogP contribution < -0.4 is 0 Å². The molecule has 0 unspecified atom stereocenters. The van der Waals surface area contributed by atoms with Crippen LogP contribution in [0.2, 0.25) is 0 Å². The Morgan fingerprint density at radius 1 is 1.57 bits per heavy atom. The van der Waals surface area contributed by atoms with E-state index in [1.807, 2.05) is 0 Å². The van der Waals surface area contributed by atoms with Gasteiger partial charge >= 0.3 is 0 Å². The fourth-order valence-electron chi connectivity index (χ4n) is 0.323. The molecule has 0 aliphatic rings. The van der Waals surface area contributed by atoms with Crippen molar-refractivity contribution >= 4 is 23.2 Å². The summed E-state index contributed by atoms with van der Waals surface area (Å²) in [5.41, 5.74) is 0. The van der Waals surface area contributed by atoms with Gasteiger partial charge in [0.2, 0.25) is 0 Å². The highest BCUT2D eigenvalue weighted by atomic mass is 35.5. The zero-order valence-corrected chi connectivity index (χ0v) is 5.97. The van der Waals surface area contributed by atoms with Gasteiger partial charge in [-0.3, -0.25) is 0 Å². The molecule has 1 atom stereocenters. The van der Waals surface area contributed by atoms with Crippen molar-refractivity contribution in [1.82, 2.24) is 0 Å². The molecule has 0 N–H and O–H groups in total. The van der Waals surface area contributed by atoms with Crippen LogP contribution in [0.3, 0.4) is 0 Å². The van der Waals surface area contributed by atoms with Gasteiger partial charge in [0, 0.05) is 11.3 Å². The topological polar surface area (TPSA) is 0 Å². The van der Waals surface area contributed by atoms with Crippen molar-refractivity contribution in [2.24, 2.45) is 0 Å². The molecule has 0 aromatic rings. The Morgan fingerprint density at radius 3 is 2.29 bits per heavy atom. The third-order valence-corrected chi connectivity index (χ3v) is 1.61. The molecule has 7 heavy (non-hydrogen) atoms. The van der Waals surface area contributed by atoms with E-state index in [2.05, 4.69) is 6.92 Å². The lowest BCUT2D eigenvalue weighted by Crippen LogP contribution is -1.94. The summed E-state index contributed by atoms with van der Waals surface area (Å²) in [4.78, 5) is 0. The van der Waals surface area contributed by atoms with Crippen molar-refractivity contribution in [2.75, 3.05) is 5.88 Å². The van der Waals surface area contributed by atoms with Gasteiger partial charge in [0.05, 0.1) is 0 Å². The van der Waals surface area contributed by atoms with Crippen LogP contribution in [0.4, 0.5) is 0 Å². The minimum atomic E-state index is 0.289. The summed E-state index contributed by atoms with van der Waals surface area (Å²) in [6.07, 6.45) is 1.95. The Hall–Kier alpha value is 0.580. The van der Waals surface area contributed by atoms with Crippen LogP contribution in [-0.2, 0) is 0 Å². The molecule has 0 bridgehead atoms. The second-order valence-corrected chi connectivity index (χ2v) is 2.48. The highest BCUT2D eigenvalue weighted by Crippen LogP contribution is 2.06. The van der Waals surface area contributed by atoms with Crippen molar-refractivity contribution in [2.45, 2.75) is 25.1 Å². The van der Waals surface area contributed by atoms with Crippen molar-refractivity contribution in [3.05, 3.63) is 0 Å². The molecule has 0 aromatic carbocycles. The summed E-state index contributed by atoms with van der Waals surface area (Å²) in [6, 6.07) is 0. The van der Waals surface area contributed by atoms with Gasteiger partial charge in [-0.05, 0) is 12.8 Å². The first-order chi connectivity index (χ1) is 3.31. The molecule has 0 spiro atoms. The first-order valence-electron chi connectivity index (χ1n) is 2.51. The van der Waals surface area contributed by atoms with Crippen LogP contribution in [0, 0.1) is 0 Å². The van der Waals surface area contributed by atoms with Crippen LogP contribution in [0.5, 0.6) is 0 Å². The molecule has 0 aromatic heterocycles. The average Bonchev–Trinajstić information content (AvgIpc) is 1.68. The Morgan fingerprint density at radius 2 is 2.14 bits per heavy atom. The quantitative estimate of drug-likeness (QED) is 0.530. The normalized spacial score (nSPS) is 14.1. The second kappa shape index (κ2) is 4.73. The lowest BCUT2D eigenvalue weighted by molar-refractivity contribution is 0.786. The molecule has 0 saturated carbocycles. The number of halogens is 2. The molecular formula is C5H10Cl2. The largest absolute Gasteiger partial charge is 0.127 e. The van der Waals surface area contributed by atoms with Gasteiger partial charge in [-0.15, -0.1) is 23.2 Å². The predicted molar refractivity (Wildman–Crippen MR) is 35.3 cm³/mol. The summed E-state index contributed by atoms with van der Waals surface area (Å²) in [6.45, 7) is 2.06. The minimum absolute atomic E-state index is 0.289. The third-order valence-electron chi connectivity index (χ3n) is 0.865. The number of hydrogen-bond acceptors (Lipinski definition) is 0. The van der Waals surface area contributed by atoms with Crippen molar-refractivity contribution in [3.8, 4) is 0 Å². The number of rotatable bonds is 3. The first kappa shape index (κ1) is 7.58. The Bertz CT molecular complexity index is 37.1. The molecule has 0 saturated heterocycles. The van der Waals surface area contributed by atoms with Crippen LogP contribution in [0.25, 0.3) is 0 Å². The van der Waals surface area contributed by atoms with Gasteiger partial charge in [-0.1, -0.05) is 6.92 Å². The highest BCUT2D eigenvalue weighted by Gasteiger charge is 1.96. The molecule has 0 amide bonds. The van der Waals surface area contributed by atoms with Crippen LogP contribution in [-0.4, -0.2) is 11.3 Å². The van der Waals surface area contributed by atoms with E-state index in [1.165, 1.54) is 0 Å². The molecule has 44 valence electrons. The van der Waals surface area contributed by atoms with E-state index < -0.39 is 0 Å². The van der Waals surface area contributed by atoms with E-state index in [-0.39, 0.29) is 5.38 Å². The van der Waals surface area contributed by atoms with Gasteiger partial charge < -0.3 is 0 Å². The summed E-state index contributed by atoms with van der Waals surface area (Å²) in [5, 5.41) is 0.289.